The normalized spacial score (nSPS) is 19.4. The highest BCUT2D eigenvalue weighted by Gasteiger charge is 2.49. The summed E-state index contributed by atoms with van der Waals surface area (Å²) < 4.78 is 11.7. The quantitative estimate of drug-likeness (QED) is 0.278. The maximum atomic E-state index is 13.4. The van der Waals surface area contributed by atoms with Crippen LogP contribution in [0.15, 0.2) is 65.7 Å². The number of carbonyl (C=O) groups excluding carboxylic acids is 1. The van der Waals surface area contributed by atoms with E-state index in [0.717, 1.165) is 30.4 Å². The molecule has 0 saturated heterocycles. The van der Waals surface area contributed by atoms with Crippen LogP contribution in [0.4, 0.5) is 0 Å². The van der Waals surface area contributed by atoms with Crippen LogP contribution in [-0.4, -0.2) is 48.3 Å². The van der Waals surface area contributed by atoms with Gasteiger partial charge in [0.25, 0.3) is 5.91 Å². The van der Waals surface area contributed by atoms with E-state index in [-0.39, 0.29) is 12.5 Å². The smallest absolute Gasteiger partial charge is 0.266 e. The van der Waals surface area contributed by atoms with E-state index in [1.807, 2.05) is 73.7 Å². The topological polar surface area (TPSA) is 92.2 Å². The van der Waals surface area contributed by atoms with Gasteiger partial charge in [-0.3, -0.25) is 10.2 Å². The number of aliphatic imine (C=N–C) groups is 1. The van der Waals surface area contributed by atoms with Gasteiger partial charge >= 0.3 is 0 Å². The third-order valence-corrected chi connectivity index (χ3v) is 5.97. The van der Waals surface area contributed by atoms with E-state index < -0.39 is 11.6 Å². The van der Waals surface area contributed by atoms with Crippen molar-refractivity contribution in [2.45, 2.75) is 57.6 Å². The molecule has 0 saturated carbocycles. The van der Waals surface area contributed by atoms with Crippen molar-refractivity contribution in [3.63, 3.8) is 0 Å². The molecule has 1 aliphatic heterocycles. The van der Waals surface area contributed by atoms with Crippen LogP contribution >= 0.6 is 0 Å². The standard InChI is InChI=1S/C28H37N3O4/c1-3-4-8-19-29-31-27(33)28(18-9-13-23-11-6-5-7-12-23)22(2)35-26(30-28)24-14-16-25(17-15-24)34-21-10-20-32/h5-7,9,11-17,22,29,32H,3-4,8,10,18-21H2,1-2H3,(H,31,33)/b13-9+/t22-,28-/m0/s1. The first-order valence-electron chi connectivity index (χ1n) is 12.4. The zero-order valence-electron chi connectivity index (χ0n) is 20.7. The molecule has 7 heteroatoms. The molecule has 0 aliphatic carbocycles. The summed E-state index contributed by atoms with van der Waals surface area (Å²) in [5.41, 5.74) is 6.67. The predicted octanol–water partition coefficient (Wildman–Crippen LogP) is 4.27. The molecule has 2 aromatic rings. The third kappa shape index (κ3) is 7.41. The SMILES string of the molecule is CCCCCNNC(=O)[C@@]1(C/C=C/c2ccccc2)N=C(c2ccc(OCCCO)cc2)O[C@H]1C. The fourth-order valence-corrected chi connectivity index (χ4v) is 3.84. The van der Waals surface area contributed by atoms with Gasteiger partial charge < -0.3 is 14.6 Å². The summed E-state index contributed by atoms with van der Waals surface area (Å²) in [4.78, 5) is 18.2. The number of nitrogens with zero attached hydrogens (tertiary/aromatic N) is 1. The number of aliphatic hydroxyl groups is 1. The fraction of sp³-hybridized carbons (Fsp3) is 0.429. The molecule has 0 aromatic heterocycles. The van der Waals surface area contributed by atoms with Gasteiger partial charge in [0.15, 0.2) is 5.54 Å². The highest BCUT2D eigenvalue weighted by Crippen LogP contribution is 2.33. The van der Waals surface area contributed by atoms with Gasteiger partial charge in [-0.05, 0) is 43.2 Å². The number of unbranched alkanes of at least 4 members (excludes halogenated alkanes) is 2. The number of carbonyl (C=O) groups is 1. The van der Waals surface area contributed by atoms with Crippen LogP contribution in [0.1, 0.15) is 57.1 Å². The molecule has 2 atom stereocenters. The van der Waals surface area contributed by atoms with Gasteiger partial charge in [0.2, 0.25) is 5.90 Å². The highest BCUT2D eigenvalue weighted by molar-refractivity contribution is 6.00. The van der Waals surface area contributed by atoms with Crippen molar-refractivity contribution in [2.24, 2.45) is 4.99 Å². The number of hydrogen-bond acceptors (Lipinski definition) is 6. The van der Waals surface area contributed by atoms with Crippen LogP contribution in [-0.2, 0) is 9.53 Å². The Morgan fingerprint density at radius 2 is 1.91 bits per heavy atom. The summed E-state index contributed by atoms with van der Waals surface area (Å²) in [7, 11) is 0. The average Bonchev–Trinajstić information content (AvgIpc) is 3.22. The number of amides is 1. The molecule has 35 heavy (non-hydrogen) atoms. The summed E-state index contributed by atoms with van der Waals surface area (Å²) in [6, 6.07) is 17.4. The van der Waals surface area contributed by atoms with Crippen molar-refractivity contribution >= 4 is 17.9 Å². The summed E-state index contributed by atoms with van der Waals surface area (Å²) in [6.07, 6.45) is 7.73. The zero-order valence-corrected chi connectivity index (χ0v) is 20.7. The Balaban J connectivity index is 1.78. The Kier molecular flexibility index (Phi) is 10.3. The molecule has 0 unspecified atom stereocenters. The van der Waals surface area contributed by atoms with Crippen molar-refractivity contribution in [3.05, 3.63) is 71.8 Å². The first-order chi connectivity index (χ1) is 17.1. The van der Waals surface area contributed by atoms with Crippen LogP contribution in [0.5, 0.6) is 5.75 Å². The number of hydrazine groups is 1. The molecule has 3 N–H and O–H groups in total. The first-order valence-corrected chi connectivity index (χ1v) is 12.4. The van der Waals surface area contributed by atoms with E-state index >= 15 is 0 Å². The number of benzene rings is 2. The molecule has 1 heterocycles. The number of rotatable bonds is 14. The molecule has 1 aliphatic rings. The van der Waals surface area contributed by atoms with Crippen molar-refractivity contribution in [1.29, 1.82) is 0 Å². The van der Waals surface area contributed by atoms with Gasteiger partial charge in [0, 0.05) is 31.6 Å². The highest BCUT2D eigenvalue weighted by atomic mass is 16.5. The van der Waals surface area contributed by atoms with Gasteiger partial charge in [0.1, 0.15) is 11.9 Å². The second-order valence-corrected chi connectivity index (χ2v) is 8.66. The number of aliphatic hydroxyl groups excluding tert-OH is 1. The summed E-state index contributed by atoms with van der Waals surface area (Å²) >= 11 is 0. The Morgan fingerprint density at radius 3 is 2.63 bits per heavy atom. The monoisotopic (exact) mass is 479 g/mol. The van der Waals surface area contributed by atoms with E-state index in [0.29, 0.717) is 37.6 Å². The molecule has 3 rings (SSSR count). The minimum atomic E-state index is -1.09. The van der Waals surface area contributed by atoms with Crippen LogP contribution in [0.3, 0.4) is 0 Å². The van der Waals surface area contributed by atoms with Crippen LogP contribution in [0.2, 0.25) is 0 Å². The summed E-state index contributed by atoms with van der Waals surface area (Å²) in [5, 5.41) is 8.91. The van der Waals surface area contributed by atoms with Gasteiger partial charge in [0.05, 0.1) is 6.61 Å². The Bertz CT molecular complexity index is 975. The van der Waals surface area contributed by atoms with Crippen molar-refractivity contribution in [2.75, 3.05) is 19.8 Å². The molecule has 2 aromatic carbocycles. The first kappa shape index (κ1) is 26.4. The summed E-state index contributed by atoms with van der Waals surface area (Å²) in [6.45, 7) is 5.28. The van der Waals surface area contributed by atoms with Gasteiger partial charge in [-0.15, -0.1) is 0 Å². The Hall–Kier alpha value is -3.16. The van der Waals surface area contributed by atoms with Crippen molar-refractivity contribution in [3.8, 4) is 5.75 Å². The van der Waals surface area contributed by atoms with E-state index in [4.69, 9.17) is 19.6 Å². The molecule has 188 valence electrons. The summed E-state index contributed by atoms with van der Waals surface area (Å²) in [5.74, 6) is 0.937. The predicted molar refractivity (Wildman–Crippen MR) is 139 cm³/mol. The zero-order chi connectivity index (χ0) is 24.9. The average molecular weight is 480 g/mol. The van der Waals surface area contributed by atoms with Crippen LogP contribution in [0, 0.1) is 0 Å². The van der Waals surface area contributed by atoms with Gasteiger partial charge in [-0.25, -0.2) is 10.4 Å². The lowest BCUT2D eigenvalue weighted by atomic mass is 9.89. The molecule has 1 amide bonds. The number of nitrogens with one attached hydrogen (secondary N) is 2. The Morgan fingerprint density at radius 1 is 1.14 bits per heavy atom. The maximum absolute atomic E-state index is 13.4. The molecule has 0 radical (unpaired) electrons. The Labute approximate surface area is 208 Å². The molecular formula is C28H37N3O4. The third-order valence-electron chi connectivity index (χ3n) is 5.97. The van der Waals surface area contributed by atoms with E-state index in [2.05, 4.69) is 17.8 Å². The van der Waals surface area contributed by atoms with Crippen molar-refractivity contribution < 1.29 is 19.4 Å². The van der Waals surface area contributed by atoms with E-state index in [1.165, 1.54) is 0 Å². The molecular weight excluding hydrogens is 442 g/mol. The van der Waals surface area contributed by atoms with Crippen LogP contribution in [0.25, 0.3) is 6.08 Å². The maximum Gasteiger partial charge on any atom is 0.266 e. The largest absolute Gasteiger partial charge is 0.494 e. The van der Waals surface area contributed by atoms with Gasteiger partial charge in [-0.2, -0.15) is 0 Å². The van der Waals surface area contributed by atoms with Gasteiger partial charge in [-0.1, -0.05) is 62.2 Å². The fourth-order valence-electron chi connectivity index (χ4n) is 3.84. The van der Waals surface area contributed by atoms with E-state index in [9.17, 15) is 4.79 Å². The molecule has 0 fully saturated rings. The van der Waals surface area contributed by atoms with E-state index in [1.54, 1.807) is 0 Å². The second-order valence-electron chi connectivity index (χ2n) is 8.66. The second kappa shape index (κ2) is 13.7. The minimum Gasteiger partial charge on any atom is -0.494 e. The number of ether oxygens (including phenoxy) is 2. The molecule has 0 bridgehead atoms. The lowest BCUT2D eigenvalue weighted by Crippen LogP contribution is -2.54. The lowest BCUT2D eigenvalue weighted by molar-refractivity contribution is -0.129. The van der Waals surface area contributed by atoms with Crippen molar-refractivity contribution in [1.82, 2.24) is 10.9 Å². The lowest BCUT2D eigenvalue weighted by Gasteiger charge is -2.27. The minimum absolute atomic E-state index is 0.0942. The molecule has 0 spiro atoms. The molecule has 7 nitrogen and oxygen atoms in total. The number of hydrogen-bond donors (Lipinski definition) is 3. The van der Waals surface area contributed by atoms with Crippen LogP contribution < -0.4 is 15.6 Å².